The van der Waals surface area contributed by atoms with E-state index in [2.05, 4.69) is 19.9 Å². The Morgan fingerprint density at radius 3 is 3.00 bits per heavy atom. The van der Waals surface area contributed by atoms with Gasteiger partial charge in [-0.25, -0.2) is 9.98 Å². The molecule has 0 saturated carbocycles. The maximum Gasteiger partial charge on any atom is 0.277 e. The van der Waals surface area contributed by atoms with Crippen molar-refractivity contribution in [2.75, 3.05) is 39.4 Å². The number of aliphatic imine (C=N–C) groups is 1. The highest BCUT2D eigenvalue weighted by Gasteiger charge is 2.28. The van der Waals surface area contributed by atoms with Gasteiger partial charge in [-0.05, 0) is 25.1 Å². The number of hydrogen-bond acceptors (Lipinski definition) is 5. The van der Waals surface area contributed by atoms with Gasteiger partial charge in [-0.3, -0.25) is 14.6 Å². The summed E-state index contributed by atoms with van der Waals surface area (Å²) >= 11 is 0. The average molecular weight is 339 g/mol. The third kappa shape index (κ3) is 3.20. The van der Waals surface area contributed by atoms with Crippen LogP contribution in [0.4, 0.5) is 0 Å². The van der Waals surface area contributed by atoms with Gasteiger partial charge in [0.05, 0.1) is 13.2 Å². The number of amidine groups is 1. The van der Waals surface area contributed by atoms with Crippen LogP contribution in [0, 0.1) is 0 Å². The predicted octanol–water partition coefficient (Wildman–Crippen LogP) is 1.50. The number of hydrogen-bond donors (Lipinski definition) is 1. The highest BCUT2D eigenvalue weighted by Crippen LogP contribution is 2.22. The molecule has 0 radical (unpaired) electrons. The van der Waals surface area contributed by atoms with Gasteiger partial charge >= 0.3 is 0 Å². The predicted molar refractivity (Wildman–Crippen MR) is 96.2 cm³/mol. The lowest BCUT2D eigenvalue weighted by atomic mass is 10.2. The molecule has 2 aliphatic rings. The fraction of sp³-hybridized carbons (Fsp3) is 0.389. The molecule has 0 atom stereocenters. The maximum atomic E-state index is 12.7. The number of aromatic amines is 1. The van der Waals surface area contributed by atoms with E-state index in [-0.39, 0.29) is 5.91 Å². The lowest BCUT2D eigenvalue weighted by molar-refractivity contribution is -0.122. The molecular weight excluding hydrogens is 318 g/mol. The van der Waals surface area contributed by atoms with E-state index in [9.17, 15) is 4.79 Å². The van der Waals surface area contributed by atoms with Crippen LogP contribution in [0.3, 0.4) is 0 Å². The number of H-pyrrole nitrogens is 1. The molecule has 0 aromatic carbocycles. The molecular formula is C18H21N5O2. The number of nitrogens with zero attached hydrogens (tertiary/aromatic N) is 4. The molecule has 0 unspecified atom stereocenters. The summed E-state index contributed by atoms with van der Waals surface area (Å²) in [6.07, 6.45) is 5.44. The molecule has 130 valence electrons. The second-order valence-corrected chi connectivity index (χ2v) is 6.24. The minimum Gasteiger partial charge on any atom is -0.379 e. The summed E-state index contributed by atoms with van der Waals surface area (Å²) in [6, 6.07) is 3.87. The molecule has 2 aromatic heterocycles. The first kappa shape index (κ1) is 16.0. The Kier molecular flexibility index (Phi) is 4.33. The van der Waals surface area contributed by atoms with Crippen LogP contribution in [0.1, 0.15) is 12.5 Å². The molecule has 2 aliphatic heterocycles. The van der Waals surface area contributed by atoms with E-state index in [1.54, 1.807) is 11.1 Å². The van der Waals surface area contributed by atoms with E-state index in [4.69, 9.17) is 4.74 Å². The summed E-state index contributed by atoms with van der Waals surface area (Å²) in [5.74, 6) is 0.714. The zero-order valence-corrected chi connectivity index (χ0v) is 14.2. The van der Waals surface area contributed by atoms with Crippen LogP contribution in [0.15, 0.2) is 35.2 Å². The lowest BCUT2D eigenvalue weighted by Gasteiger charge is -2.28. The van der Waals surface area contributed by atoms with Gasteiger partial charge in [0, 0.05) is 49.5 Å². The van der Waals surface area contributed by atoms with Crippen LogP contribution in [-0.4, -0.2) is 70.9 Å². The number of fused-ring (bicyclic) bond motifs is 1. The van der Waals surface area contributed by atoms with Crippen LogP contribution in [-0.2, 0) is 9.53 Å². The molecule has 4 heterocycles. The summed E-state index contributed by atoms with van der Waals surface area (Å²) in [5, 5.41) is 0.988. The van der Waals surface area contributed by atoms with Crippen molar-refractivity contribution in [1.82, 2.24) is 19.8 Å². The second kappa shape index (κ2) is 6.78. The monoisotopic (exact) mass is 339 g/mol. The van der Waals surface area contributed by atoms with Crippen LogP contribution >= 0.6 is 0 Å². The van der Waals surface area contributed by atoms with E-state index < -0.39 is 0 Å². The number of amides is 1. The Hall–Kier alpha value is -2.51. The summed E-state index contributed by atoms with van der Waals surface area (Å²) in [6.45, 7) is 6.75. The first-order chi connectivity index (χ1) is 12.2. The molecule has 1 amide bonds. The summed E-state index contributed by atoms with van der Waals surface area (Å²) in [5.41, 5.74) is 2.21. The number of morpholine rings is 1. The third-order valence-electron chi connectivity index (χ3n) is 4.66. The van der Waals surface area contributed by atoms with Gasteiger partial charge in [0.1, 0.15) is 17.2 Å². The second-order valence-electron chi connectivity index (χ2n) is 6.24. The molecule has 7 heteroatoms. The Bertz CT molecular complexity index is 848. The van der Waals surface area contributed by atoms with E-state index in [0.717, 1.165) is 55.3 Å². The van der Waals surface area contributed by atoms with Gasteiger partial charge < -0.3 is 9.72 Å². The molecule has 1 saturated heterocycles. The molecule has 2 aromatic rings. The van der Waals surface area contributed by atoms with E-state index in [1.165, 1.54) is 0 Å². The molecule has 25 heavy (non-hydrogen) atoms. The summed E-state index contributed by atoms with van der Waals surface area (Å²) < 4.78 is 5.36. The van der Waals surface area contributed by atoms with Crippen LogP contribution in [0.5, 0.6) is 0 Å². The highest BCUT2D eigenvalue weighted by molar-refractivity contribution is 6.14. The largest absolute Gasteiger partial charge is 0.379 e. The number of rotatable bonds is 4. The number of nitrogens with one attached hydrogen (secondary N) is 1. The SMILES string of the molecule is CC1=N/C(=C\c2c[nH]c3ncccc23)C(=O)N1CCN1CCOCC1. The van der Waals surface area contributed by atoms with Crippen molar-refractivity contribution in [2.45, 2.75) is 6.92 Å². The normalized spacial score (nSPS) is 20.7. The molecule has 4 rings (SSSR count). The van der Waals surface area contributed by atoms with E-state index in [1.807, 2.05) is 31.3 Å². The van der Waals surface area contributed by atoms with Gasteiger partial charge in [0.15, 0.2) is 0 Å². The molecule has 1 fully saturated rings. The molecule has 0 spiro atoms. The van der Waals surface area contributed by atoms with Gasteiger partial charge in [0.2, 0.25) is 0 Å². The van der Waals surface area contributed by atoms with Crippen molar-refractivity contribution in [2.24, 2.45) is 4.99 Å². The number of ether oxygens (including phenoxy) is 1. The van der Waals surface area contributed by atoms with E-state index >= 15 is 0 Å². The van der Waals surface area contributed by atoms with Crippen molar-refractivity contribution in [3.05, 3.63) is 35.8 Å². The Balaban J connectivity index is 1.49. The molecule has 0 aliphatic carbocycles. The Morgan fingerprint density at radius 2 is 2.16 bits per heavy atom. The minimum atomic E-state index is -0.0380. The van der Waals surface area contributed by atoms with Gasteiger partial charge in [-0.1, -0.05) is 0 Å². The minimum absolute atomic E-state index is 0.0380. The number of pyridine rings is 1. The van der Waals surface area contributed by atoms with Crippen molar-refractivity contribution >= 4 is 28.9 Å². The average Bonchev–Trinajstić information content (AvgIpc) is 3.16. The molecule has 1 N–H and O–H groups in total. The third-order valence-corrected chi connectivity index (χ3v) is 4.66. The molecule has 7 nitrogen and oxygen atoms in total. The number of aromatic nitrogens is 2. The Labute approximate surface area is 146 Å². The maximum absolute atomic E-state index is 12.7. The first-order valence-corrected chi connectivity index (χ1v) is 8.53. The van der Waals surface area contributed by atoms with Crippen LogP contribution in [0.2, 0.25) is 0 Å². The van der Waals surface area contributed by atoms with Gasteiger partial charge in [-0.15, -0.1) is 0 Å². The number of carbonyl (C=O) groups is 1. The zero-order chi connectivity index (χ0) is 17.2. The van der Waals surface area contributed by atoms with Gasteiger partial charge in [-0.2, -0.15) is 0 Å². The van der Waals surface area contributed by atoms with Gasteiger partial charge in [0.25, 0.3) is 5.91 Å². The standard InChI is InChI=1S/C18H21N5O2/c1-13-21-16(11-14-12-20-17-15(14)3-2-4-19-17)18(24)23(13)6-5-22-7-9-25-10-8-22/h2-4,11-12H,5-10H2,1H3,(H,19,20)/b16-11-. The topological polar surface area (TPSA) is 73.8 Å². The van der Waals surface area contributed by atoms with Crippen LogP contribution in [0.25, 0.3) is 17.1 Å². The Morgan fingerprint density at radius 1 is 1.32 bits per heavy atom. The van der Waals surface area contributed by atoms with Crippen molar-refractivity contribution in [3.8, 4) is 0 Å². The molecule has 0 bridgehead atoms. The van der Waals surface area contributed by atoms with Crippen molar-refractivity contribution in [1.29, 1.82) is 0 Å². The van der Waals surface area contributed by atoms with Crippen molar-refractivity contribution < 1.29 is 9.53 Å². The van der Waals surface area contributed by atoms with Crippen molar-refractivity contribution in [3.63, 3.8) is 0 Å². The smallest absolute Gasteiger partial charge is 0.277 e. The fourth-order valence-electron chi connectivity index (χ4n) is 3.24. The zero-order valence-electron chi connectivity index (χ0n) is 14.2. The quantitative estimate of drug-likeness (QED) is 0.857. The first-order valence-electron chi connectivity index (χ1n) is 8.53. The summed E-state index contributed by atoms with van der Waals surface area (Å²) in [7, 11) is 0. The number of carbonyl (C=O) groups excluding carboxylic acids is 1. The highest BCUT2D eigenvalue weighted by atomic mass is 16.5. The van der Waals surface area contributed by atoms with E-state index in [0.29, 0.717) is 12.2 Å². The fourth-order valence-corrected chi connectivity index (χ4v) is 3.24. The van der Waals surface area contributed by atoms with Crippen LogP contribution < -0.4 is 0 Å². The lowest BCUT2D eigenvalue weighted by Crippen LogP contribution is -2.43. The summed E-state index contributed by atoms with van der Waals surface area (Å²) in [4.78, 5) is 28.7.